The number of nitrogens with zero attached hydrogens (tertiary/aromatic N) is 5. The molecular formula is C21H33N5O3. The largest absolute Gasteiger partial charge is 0.380 e. The summed E-state index contributed by atoms with van der Waals surface area (Å²) in [6.07, 6.45) is 3.64. The molecule has 0 aliphatic carbocycles. The summed E-state index contributed by atoms with van der Waals surface area (Å²) in [4.78, 5) is 31.8. The molecule has 8 nitrogen and oxygen atoms in total. The molecule has 2 heterocycles. The van der Waals surface area contributed by atoms with Crippen molar-refractivity contribution in [3.8, 4) is 11.8 Å². The van der Waals surface area contributed by atoms with Gasteiger partial charge >= 0.3 is 5.69 Å². The molecule has 160 valence electrons. The van der Waals surface area contributed by atoms with Crippen molar-refractivity contribution >= 4 is 11.2 Å². The SMILES string of the molecule is CCCn1cnc2c1c(=O)n(CCCCC(O)C#CCN(CC)CC)c(=O)n2C. The number of aliphatic hydroxyl groups excluding tert-OH is 1. The van der Waals surface area contributed by atoms with Crippen molar-refractivity contribution in [3.05, 3.63) is 27.2 Å². The minimum absolute atomic E-state index is 0.298. The number of imidazole rings is 1. The second-order valence-corrected chi connectivity index (χ2v) is 7.20. The molecule has 1 unspecified atom stereocenters. The van der Waals surface area contributed by atoms with Crippen LogP contribution in [0.1, 0.15) is 46.5 Å². The number of fused-ring (bicyclic) bond motifs is 1. The van der Waals surface area contributed by atoms with Crippen molar-refractivity contribution < 1.29 is 5.11 Å². The van der Waals surface area contributed by atoms with Gasteiger partial charge in [0.1, 0.15) is 6.10 Å². The smallest absolute Gasteiger partial charge is 0.332 e. The molecule has 0 spiro atoms. The Morgan fingerprint density at radius 2 is 1.90 bits per heavy atom. The van der Waals surface area contributed by atoms with Crippen LogP contribution in [0, 0.1) is 11.8 Å². The summed E-state index contributed by atoms with van der Waals surface area (Å²) in [5.74, 6) is 5.89. The molecule has 0 aromatic carbocycles. The molecule has 0 radical (unpaired) electrons. The molecule has 8 heteroatoms. The Bertz CT molecular complexity index is 972. The van der Waals surface area contributed by atoms with Gasteiger partial charge in [0, 0.05) is 20.1 Å². The lowest BCUT2D eigenvalue weighted by Crippen LogP contribution is -2.39. The third kappa shape index (κ3) is 5.58. The van der Waals surface area contributed by atoms with Crippen LogP contribution in [0.5, 0.6) is 0 Å². The van der Waals surface area contributed by atoms with Gasteiger partial charge in [-0.05, 0) is 38.8 Å². The van der Waals surface area contributed by atoms with Crippen molar-refractivity contribution in [2.75, 3.05) is 19.6 Å². The number of unbranched alkanes of at least 4 members (excludes halogenated alkanes) is 1. The molecule has 0 fully saturated rings. The van der Waals surface area contributed by atoms with Gasteiger partial charge in [0.15, 0.2) is 11.2 Å². The van der Waals surface area contributed by atoms with Crippen molar-refractivity contribution in [1.29, 1.82) is 0 Å². The Morgan fingerprint density at radius 1 is 1.17 bits per heavy atom. The molecule has 2 rings (SSSR count). The molecule has 0 aliphatic rings. The van der Waals surface area contributed by atoms with Crippen LogP contribution in [0.4, 0.5) is 0 Å². The molecular weight excluding hydrogens is 370 g/mol. The maximum Gasteiger partial charge on any atom is 0.332 e. The molecule has 0 saturated carbocycles. The molecule has 0 bridgehead atoms. The van der Waals surface area contributed by atoms with Crippen LogP contribution in [0.2, 0.25) is 0 Å². The molecule has 2 aromatic rings. The van der Waals surface area contributed by atoms with Crippen LogP contribution < -0.4 is 11.2 Å². The van der Waals surface area contributed by atoms with E-state index in [0.29, 0.717) is 50.1 Å². The molecule has 1 N–H and O–H groups in total. The first kappa shape index (κ1) is 22.9. The van der Waals surface area contributed by atoms with E-state index in [9.17, 15) is 14.7 Å². The standard InChI is InChI=1S/C21H33N5O3/c1-5-13-25-16-22-19-18(25)20(28)26(21(29)23(19)4)15-9-8-11-17(27)12-10-14-24(6-2)7-3/h16-17,27H,5-9,11,13-15H2,1-4H3. The third-order valence-electron chi connectivity index (χ3n) is 5.14. The van der Waals surface area contributed by atoms with Crippen molar-refractivity contribution in [3.63, 3.8) is 0 Å². The van der Waals surface area contributed by atoms with E-state index in [-0.39, 0.29) is 11.2 Å². The zero-order chi connectivity index (χ0) is 21.4. The first-order chi connectivity index (χ1) is 13.9. The predicted molar refractivity (Wildman–Crippen MR) is 115 cm³/mol. The number of hydrogen-bond donors (Lipinski definition) is 1. The summed E-state index contributed by atoms with van der Waals surface area (Å²) >= 11 is 0. The van der Waals surface area contributed by atoms with Crippen LogP contribution in [0.15, 0.2) is 15.9 Å². The highest BCUT2D eigenvalue weighted by Gasteiger charge is 2.15. The lowest BCUT2D eigenvalue weighted by molar-refractivity contribution is 0.216. The molecule has 29 heavy (non-hydrogen) atoms. The summed E-state index contributed by atoms with van der Waals surface area (Å²) in [7, 11) is 1.64. The number of hydrogen-bond acceptors (Lipinski definition) is 5. The maximum absolute atomic E-state index is 12.9. The minimum Gasteiger partial charge on any atom is -0.380 e. The van der Waals surface area contributed by atoms with Crippen LogP contribution in [0.3, 0.4) is 0 Å². The lowest BCUT2D eigenvalue weighted by Gasteiger charge is -2.13. The summed E-state index contributed by atoms with van der Waals surface area (Å²) in [5, 5.41) is 10.0. The van der Waals surface area contributed by atoms with Gasteiger partial charge in [-0.25, -0.2) is 9.78 Å². The first-order valence-corrected chi connectivity index (χ1v) is 10.5. The van der Waals surface area contributed by atoms with Gasteiger partial charge in [0.2, 0.25) is 0 Å². The fourth-order valence-corrected chi connectivity index (χ4v) is 3.33. The van der Waals surface area contributed by atoms with E-state index < -0.39 is 6.10 Å². The lowest BCUT2D eigenvalue weighted by atomic mass is 10.1. The van der Waals surface area contributed by atoms with Crippen molar-refractivity contribution in [1.82, 2.24) is 23.6 Å². The highest BCUT2D eigenvalue weighted by molar-refractivity contribution is 5.69. The Balaban J connectivity index is 2.01. The Morgan fingerprint density at radius 3 is 2.55 bits per heavy atom. The Kier molecular flexibility index (Phi) is 8.68. The van der Waals surface area contributed by atoms with Crippen LogP contribution in [-0.2, 0) is 20.1 Å². The number of aliphatic hydroxyl groups is 1. The number of aryl methyl sites for hydroxylation is 2. The van der Waals surface area contributed by atoms with Gasteiger partial charge in [-0.15, -0.1) is 0 Å². The monoisotopic (exact) mass is 403 g/mol. The van der Waals surface area contributed by atoms with E-state index in [4.69, 9.17) is 0 Å². The normalized spacial score (nSPS) is 12.3. The van der Waals surface area contributed by atoms with Gasteiger partial charge in [-0.2, -0.15) is 0 Å². The van der Waals surface area contributed by atoms with E-state index in [0.717, 1.165) is 19.5 Å². The quantitative estimate of drug-likeness (QED) is 0.476. The van der Waals surface area contributed by atoms with E-state index >= 15 is 0 Å². The minimum atomic E-state index is -0.682. The Labute approximate surface area is 171 Å². The second kappa shape index (κ2) is 11.0. The number of aromatic nitrogens is 4. The van der Waals surface area contributed by atoms with E-state index in [1.165, 1.54) is 9.13 Å². The zero-order valence-corrected chi connectivity index (χ0v) is 18.0. The van der Waals surface area contributed by atoms with E-state index in [1.54, 1.807) is 13.4 Å². The summed E-state index contributed by atoms with van der Waals surface area (Å²) in [5.41, 5.74) is 0.234. The number of rotatable bonds is 10. The predicted octanol–water partition coefficient (Wildman–Crippen LogP) is 1.18. The highest BCUT2D eigenvalue weighted by atomic mass is 16.3. The topological polar surface area (TPSA) is 85.3 Å². The van der Waals surface area contributed by atoms with E-state index in [1.807, 2.05) is 11.5 Å². The zero-order valence-electron chi connectivity index (χ0n) is 18.0. The molecule has 0 saturated heterocycles. The van der Waals surface area contributed by atoms with Crippen LogP contribution >= 0.6 is 0 Å². The van der Waals surface area contributed by atoms with Gasteiger partial charge in [-0.3, -0.25) is 18.8 Å². The first-order valence-electron chi connectivity index (χ1n) is 10.5. The fourth-order valence-electron chi connectivity index (χ4n) is 3.33. The summed E-state index contributed by atoms with van der Waals surface area (Å²) in [6, 6.07) is 0. The molecule has 2 aromatic heterocycles. The van der Waals surface area contributed by atoms with Crippen LogP contribution in [-0.4, -0.2) is 54.4 Å². The summed E-state index contributed by atoms with van der Waals surface area (Å²) < 4.78 is 4.51. The fraction of sp³-hybridized carbons (Fsp3) is 0.667. The van der Waals surface area contributed by atoms with Gasteiger partial charge in [0.25, 0.3) is 5.56 Å². The second-order valence-electron chi connectivity index (χ2n) is 7.20. The van der Waals surface area contributed by atoms with Crippen LogP contribution in [0.25, 0.3) is 11.2 Å². The van der Waals surface area contributed by atoms with Crippen molar-refractivity contribution in [2.45, 2.75) is 65.6 Å². The summed E-state index contributed by atoms with van der Waals surface area (Å²) in [6.45, 7) is 9.73. The molecule has 0 amide bonds. The maximum atomic E-state index is 12.9. The van der Waals surface area contributed by atoms with Crippen molar-refractivity contribution in [2.24, 2.45) is 7.05 Å². The Hall–Kier alpha value is -2.37. The van der Waals surface area contributed by atoms with Gasteiger partial charge in [0.05, 0.1) is 12.9 Å². The average molecular weight is 404 g/mol. The molecule has 0 aliphatic heterocycles. The third-order valence-corrected chi connectivity index (χ3v) is 5.14. The highest BCUT2D eigenvalue weighted by Crippen LogP contribution is 2.07. The molecule has 1 atom stereocenters. The van der Waals surface area contributed by atoms with Gasteiger partial charge < -0.3 is 9.67 Å². The van der Waals surface area contributed by atoms with Gasteiger partial charge in [-0.1, -0.05) is 32.6 Å². The van der Waals surface area contributed by atoms with E-state index in [2.05, 4.69) is 35.6 Å². The average Bonchev–Trinajstić information content (AvgIpc) is 3.13.